The van der Waals surface area contributed by atoms with Crippen LogP contribution in [0.15, 0.2) is 72.8 Å². The number of para-hydroxylation sites is 2. The maximum atomic E-state index is 9.77. The van der Waals surface area contributed by atoms with Crippen molar-refractivity contribution in [2.24, 2.45) is 0 Å². The normalized spacial score (nSPS) is 11.2. The second-order valence-electron chi connectivity index (χ2n) is 6.31. The van der Waals surface area contributed by atoms with E-state index >= 15 is 0 Å². The van der Waals surface area contributed by atoms with Crippen molar-refractivity contribution in [3.8, 4) is 17.6 Å². The first-order valence-electron chi connectivity index (χ1n) is 9.10. The van der Waals surface area contributed by atoms with Crippen LogP contribution in [0.25, 0.3) is 21.9 Å². The molecule has 5 heteroatoms. The van der Waals surface area contributed by atoms with Crippen molar-refractivity contribution in [2.75, 3.05) is 7.11 Å². The summed E-state index contributed by atoms with van der Waals surface area (Å²) < 4.78 is 12.6. The highest BCUT2D eigenvalue weighted by molar-refractivity contribution is 7.19. The molecule has 29 heavy (non-hydrogen) atoms. The molecule has 0 bridgehead atoms. The number of benzene rings is 3. The SMILES string of the molecule is COc1cccc(/C=C(\C#N)c2nc3ccccc3s2)c1OCc1ccccc1. The maximum Gasteiger partial charge on any atom is 0.168 e. The molecule has 0 N–H and O–H groups in total. The van der Waals surface area contributed by atoms with Crippen molar-refractivity contribution in [1.29, 1.82) is 5.26 Å². The molecule has 3 aromatic carbocycles. The third-order valence-electron chi connectivity index (χ3n) is 4.40. The second-order valence-corrected chi connectivity index (χ2v) is 7.34. The largest absolute Gasteiger partial charge is 0.493 e. The first kappa shape index (κ1) is 18.7. The van der Waals surface area contributed by atoms with Crippen LogP contribution in [0, 0.1) is 11.3 Å². The Bertz CT molecular complexity index is 1170. The van der Waals surface area contributed by atoms with E-state index in [0.29, 0.717) is 28.7 Å². The number of methoxy groups -OCH3 is 1. The maximum absolute atomic E-state index is 9.77. The van der Waals surface area contributed by atoms with E-state index in [4.69, 9.17) is 9.47 Å². The third kappa shape index (κ3) is 4.13. The number of thiazole rings is 1. The quantitative estimate of drug-likeness (QED) is 0.377. The number of hydrogen-bond acceptors (Lipinski definition) is 5. The fourth-order valence-corrected chi connectivity index (χ4v) is 3.91. The lowest BCUT2D eigenvalue weighted by molar-refractivity contribution is 0.284. The molecule has 0 unspecified atom stereocenters. The van der Waals surface area contributed by atoms with E-state index in [-0.39, 0.29) is 0 Å². The number of allylic oxidation sites excluding steroid dienone is 1. The summed E-state index contributed by atoms with van der Waals surface area (Å²) in [5.74, 6) is 1.23. The van der Waals surface area contributed by atoms with Crippen LogP contribution in [0.5, 0.6) is 11.5 Å². The van der Waals surface area contributed by atoms with Gasteiger partial charge in [-0.2, -0.15) is 5.26 Å². The zero-order valence-corrected chi connectivity index (χ0v) is 16.6. The number of aromatic nitrogens is 1. The molecule has 0 aliphatic heterocycles. The fourth-order valence-electron chi connectivity index (χ4n) is 2.98. The minimum absolute atomic E-state index is 0.408. The minimum atomic E-state index is 0.408. The first-order valence-corrected chi connectivity index (χ1v) is 9.91. The van der Waals surface area contributed by atoms with E-state index in [1.165, 1.54) is 11.3 Å². The van der Waals surface area contributed by atoms with E-state index in [9.17, 15) is 5.26 Å². The molecule has 0 radical (unpaired) electrons. The van der Waals surface area contributed by atoms with E-state index in [0.717, 1.165) is 21.3 Å². The smallest absolute Gasteiger partial charge is 0.168 e. The number of ether oxygens (including phenoxy) is 2. The average Bonchev–Trinajstić information content (AvgIpc) is 3.21. The van der Waals surface area contributed by atoms with Gasteiger partial charge in [0, 0.05) is 5.56 Å². The summed E-state index contributed by atoms with van der Waals surface area (Å²) in [6.07, 6.45) is 1.81. The van der Waals surface area contributed by atoms with Crippen molar-refractivity contribution in [2.45, 2.75) is 6.61 Å². The van der Waals surface area contributed by atoms with Crippen LogP contribution in [-0.4, -0.2) is 12.1 Å². The van der Waals surface area contributed by atoms with Gasteiger partial charge in [-0.3, -0.25) is 0 Å². The van der Waals surface area contributed by atoms with E-state index in [1.807, 2.05) is 72.8 Å². The van der Waals surface area contributed by atoms with Crippen molar-refractivity contribution in [1.82, 2.24) is 4.98 Å². The number of nitrogens with zero attached hydrogens (tertiary/aromatic N) is 2. The van der Waals surface area contributed by atoms with Gasteiger partial charge in [0.1, 0.15) is 17.7 Å². The van der Waals surface area contributed by atoms with Gasteiger partial charge in [0.05, 0.1) is 22.9 Å². The minimum Gasteiger partial charge on any atom is -0.493 e. The van der Waals surface area contributed by atoms with Crippen LogP contribution >= 0.6 is 11.3 Å². The summed E-state index contributed by atoms with van der Waals surface area (Å²) >= 11 is 1.50. The number of nitriles is 1. The molecule has 4 aromatic rings. The lowest BCUT2D eigenvalue weighted by Gasteiger charge is -2.13. The molecule has 0 aliphatic rings. The predicted octanol–water partition coefficient (Wildman–Crippen LogP) is 5.95. The topological polar surface area (TPSA) is 55.1 Å². The number of fused-ring (bicyclic) bond motifs is 1. The van der Waals surface area contributed by atoms with Gasteiger partial charge in [-0.05, 0) is 29.8 Å². The van der Waals surface area contributed by atoms with Crippen LogP contribution in [0.4, 0.5) is 0 Å². The van der Waals surface area contributed by atoms with Gasteiger partial charge in [-0.25, -0.2) is 4.98 Å². The highest BCUT2D eigenvalue weighted by atomic mass is 32.1. The standard InChI is InChI=1S/C24H18N2O2S/c1-27-21-12-7-10-18(23(21)28-16-17-8-3-2-4-9-17)14-19(15-25)24-26-20-11-5-6-13-22(20)29-24/h2-14H,16H2,1H3/b19-14+. The Balaban J connectivity index is 1.71. The van der Waals surface area contributed by atoms with Crippen LogP contribution in [-0.2, 0) is 6.61 Å². The van der Waals surface area contributed by atoms with Crippen LogP contribution < -0.4 is 9.47 Å². The van der Waals surface area contributed by atoms with Crippen LogP contribution in [0.2, 0.25) is 0 Å². The highest BCUT2D eigenvalue weighted by Crippen LogP contribution is 2.35. The molecule has 1 heterocycles. The lowest BCUT2D eigenvalue weighted by Crippen LogP contribution is -1.99. The zero-order valence-electron chi connectivity index (χ0n) is 15.8. The van der Waals surface area contributed by atoms with E-state index < -0.39 is 0 Å². The van der Waals surface area contributed by atoms with Crippen LogP contribution in [0.1, 0.15) is 16.1 Å². The molecule has 0 atom stereocenters. The third-order valence-corrected chi connectivity index (χ3v) is 5.47. The Morgan fingerprint density at radius 2 is 1.83 bits per heavy atom. The molecule has 0 amide bonds. The molecule has 0 saturated heterocycles. The molecule has 142 valence electrons. The molecule has 0 saturated carbocycles. The average molecular weight is 398 g/mol. The fraction of sp³-hybridized carbons (Fsp3) is 0.0833. The Labute approximate surface area is 173 Å². The first-order chi connectivity index (χ1) is 14.3. The Kier molecular flexibility index (Phi) is 5.55. The summed E-state index contributed by atoms with van der Waals surface area (Å²) in [4.78, 5) is 4.60. The lowest BCUT2D eigenvalue weighted by atomic mass is 10.1. The Morgan fingerprint density at radius 3 is 2.59 bits per heavy atom. The molecule has 4 rings (SSSR count). The van der Waals surface area contributed by atoms with Gasteiger partial charge < -0.3 is 9.47 Å². The van der Waals surface area contributed by atoms with Gasteiger partial charge in [0.15, 0.2) is 11.5 Å². The number of rotatable bonds is 6. The van der Waals surface area contributed by atoms with Crippen molar-refractivity contribution in [3.05, 3.63) is 88.9 Å². The molecule has 0 fully saturated rings. The molecule has 1 aromatic heterocycles. The summed E-state index contributed by atoms with van der Waals surface area (Å²) in [6, 6.07) is 25.7. The van der Waals surface area contributed by atoms with Crippen molar-refractivity contribution < 1.29 is 9.47 Å². The second kappa shape index (κ2) is 8.59. The Morgan fingerprint density at radius 1 is 1.03 bits per heavy atom. The number of hydrogen-bond donors (Lipinski definition) is 0. The summed E-state index contributed by atoms with van der Waals surface area (Å²) in [5.41, 5.74) is 3.21. The van der Waals surface area contributed by atoms with Gasteiger partial charge in [-0.1, -0.05) is 54.6 Å². The molecular weight excluding hydrogens is 380 g/mol. The monoisotopic (exact) mass is 398 g/mol. The Hall–Kier alpha value is -3.62. The summed E-state index contributed by atoms with van der Waals surface area (Å²) in [5, 5.41) is 10.5. The van der Waals surface area contributed by atoms with Gasteiger partial charge in [0.25, 0.3) is 0 Å². The van der Waals surface area contributed by atoms with Gasteiger partial charge in [-0.15, -0.1) is 11.3 Å². The summed E-state index contributed by atoms with van der Waals surface area (Å²) in [7, 11) is 1.61. The van der Waals surface area contributed by atoms with Crippen molar-refractivity contribution >= 4 is 33.2 Å². The predicted molar refractivity (Wildman–Crippen MR) is 117 cm³/mol. The van der Waals surface area contributed by atoms with Crippen LogP contribution in [0.3, 0.4) is 0 Å². The molecule has 0 spiro atoms. The van der Waals surface area contributed by atoms with Gasteiger partial charge in [0.2, 0.25) is 0 Å². The molecular formula is C24H18N2O2S. The van der Waals surface area contributed by atoms with Crippen molar-refractivity contribution in [3.63, 3.8) is 0 Å². The van der Waals surface area contributed by atoms with Gasteiger partial charge >= 0.3 is 0 Å². The molecule has 4 nitrogen and oxygen atoms in total. The zero-order chi connectivity index (χ0) is 20.1. The summed E-state index contributed by atoms with van der Waals surface area (Å²) in [6.45, 7) is 0.408. The van der Waals surface area contributed by atoms with E-state index in [2.05, 4.69) is 11.1 Å². The van der Waals surface area contributed by atoms with E-state index in [1.54, 1.807) is 13.2 Å². The highest BCUT2D eigenvalue weighted by Gasteiger charge is 2.13. The molecule has 0 aliphatic carbocycles.